The third kappa shape index (κ3) is 4.13. The topological polar surface area (TPSA) is 79.3 Å². The molecule has 30 heavy (non-hydrogen) atoms. The molecule has 0 spiro atoms. The van der Waals surface area contributed by atoms with Crippen molar-refractivity contribution >= 4 is 17.5 Å². The predicted octanol–water partition coefficient (Wildman–Crippen LogP) is 2.21. The van der Waals surface area contributed by atoms with Crippen LogP contribution >= 0.6 is 0 Å². The molecule has 3 heterocycles. The summed E-state index contributed by atoms with van der Waals surface area (Å²) in [5, 5.41) is 4.11. The van der Waals surface area contributed by atoms with Gasteiger partial charge in [-0.2, -0.15) is 0 Å². The minimum absolute atomic E-state index is 0.131. The molecule has 162 valence electrons. The number of hydrazone groups is 1. The zero-order chi connectivity index (χ0) is 20.9. The van der Waals surface area contributed by atoms with E-state index in [1.807, 2.05) is 6.92 Å². The molecule has 1 amide bonds. The first-order valence-electron chi connectivity index (χ1n) is 10.4. The molecule has 1 aromatic rings. The molecule has 1 aromatic heterocycles. The van der Waals surface area contributed by atoms with Gasteiger partial charge in [-0.3, -0.25) is 10.2 Å². The van der Waals surface area contributed by atoms with Gasteiger partial charge in [-0.05, 0) is 50.7 Å². The fourth-order valence-corrected chi connectivity index (χ4v) is 3.60. The van der Waals surface area contributed by atoms with Crippen molar-refractivity contribution < 1.29 is 23.0 Å². The van der Waals surface area contributed by atoms with Crippen LogP contribution in [-0.4, -0.2) is 66.1 Å². The predicted molar refractivity (Wildman–Crippen MR) is 105 cm³/mol. The van der Waals surface area contributed by atoms with E-state index in [-0.39, 0.29) is 49.4 Å². The molecule has 2 saturated carbocycles. The molecular weight excluding hydrogens is 396 g/mol. The summed E-state index contributed by atoms with van der Waals surface area (Å²) in [5.41, 5.74) is 3.57. The number of halogens is 2. The first-order valence-corrected chi connectivity index (χ1v) is 10.4. The molecule has 0 radical (unpaired) electrons. The van der Waals surface area contributed by atoms with E-state index >= 15 is 0 Å². The molecule has 0 bridgehead atoms. The number of alkyl halides is 2. The van der Waals surface area contributed by atoms with Crippen molar-refractivity contribution in [2.75, 3.05) is 31.1 Å². The smallest absolute Gasteiger partial charge is 0.282 e. The number of aromatic nitrogens is 1. The van der Waals surface area contributed by atoms with E-state index < -0.39 is 5.92 Å². The number of carbonyl (C=O) groups is 1. The van der Waals surface area contributed by atoms with E-state index in [1.54, 1.807) is 17.0 Å². The van der Waals surface area contributed by atoms with Gasteiger partial charge in [0, 0.05) is 6.04 Å². The van der Waals surface area contributed by atoms with Gasteiger partial charge in [0.15, 0.2) is 6.23 Å². The van der Waals surface area contributed by atoms with Crippen molar-refractivity contribution in [3.63, 3.8) is 0 Å². The zero-order valence-electron chi connectivity index (χ0n) is 16.8. The quantitative estimate of drug-likeness (QED) is 0.694. The Morgan fingerprint density at radius 1 is 1.33 bits per heavy atom. The van der Waals surface area contributed by atoms with E-state index in [0.29, 0.717) is 24.1 Å². The summed E-state index contributed by atoms with van der Waals surface area (Å²) in [5.74, 6) is -1.74. The van der Waals surface area contributed by atoms with Crippen LogP contribution in [0.3, 0.4) is 0 Å². The van der Waals surface area contributed by atoms with Crippen LogP contribution < -0.4 is 15.1 Å². The number of ether oxygens (including phenoxy) is 2. The van der Waals surface area contributed by atoms with Crippen molar-refractivity contribution in [1.82, 2.24) is 15.3 Å². The molecule has 1 saturated heterocycles. The second-order valence-corrected chi connectivity index (χ2v) is 8.55. The fourth-order valence-electron chi connectivity index (χ4n) is 3.60. The van der Waals surface area contributed by atoms with Crippen LogP contribution in [0.4, 0.5) is 14.5 Å². The van der Waals surface area contributed by atoms with Crippen LogP contribution in [0, 0.1) is 5.92 Å². The summed E-state index contributed by atoms with van der Waals surface area (Å²) in [7, 11) is 0. The Balaban J connectivity index is 1.35. The number of amides is 1. The monoisotopic (exact) mass is 421 g/mol. The summed E-state index contributed by atoms with van der Waals surface area (Å²) < 4.78 is 38.2. The van der Waals surface area contributed by atoms with Gasteiger partial charge in [0.2, 0.25) is 11.8 Å². The fraction of sp³-hybridized carbons (Fsp3) is 0.650. The number of anilines is 1. The summed E-state index contributed by atoms with van der Waals surface area (Å²) >= 11 is 0. The maximum atomic E-state index is 13.4. The largest absolute Gasteiger partial charge is 0.476 e. The lowest BCUT2D eigenvalue weighted by Gasteiger charge is -2.40. The first-order chi connectivity index (χ1) is 14.4. The van der Waals surface area contributed by atoms with E-state index in [4.69, 9.17) is 9.47 Å². The zero-order valence-corrected chi connectivity index (χ0v) is 16.8. The maximum absolute atomic E-state index is 13.4. The number of carbonyl (C=O) groups excluding carboxylic acids is 1. The average molecular weight is 421 g/mol. The van der Waals surface area contributed by atoms with Crippen molar-refractivity contribution in [2.24, 2.45) is 11.0 Å². The van der Waals surface area contributed by atoms with Crippen LogP contribution in [0.25, 0.3) is 0 Å². The van der Waals surface area contributed by atoms with Gasteiger partial charge in [-0.15, -0.1) is 5.10 Å². The highest BCUT2D eigenvalue weighted by Gasteiger charge is 2.45. The van der Waals surface area contributed by atoms with Crippen molar-refractivity contribution in [3.05, 3.63) is 17.8 Å². The summed E-state index contributed by atoms with van der Waals surface area (Å²) in [6.45, 7) is 1.86. The van der Waals surface area contributed by atoms with E-state index in [0.717, 1.165) is 25.7 Å². The van der Waals surface area contributed by atoms with Gasteiger partial charge < -0.3 is 19.3 Å². The molecular formula is C20H25F2N5O3. The number of hydrogen-bond acceptors (Lipinski definition) is 7. The highest BCUT2D eigenvalue weighted by molar-refractivity contribution is 5.96. The Bertz CT molecular complexity index is 864. The molecule has 1 unspecified atom stereocenters. The van der Waals surface area contributed by atoms with E-state index in [2.05, 4.69) is 15.5 Å². The minimum Gasteiger partial charge on any atom is -0.476 e. The minimum atomic E-state index is -2.70. The number of nitrogens with one attached hydrogen (secondary N) is 1. The highest BCUT2D eigenvalue weighted by atomic mass is 19.3. The number of hydrogen-bond donors (Lipinski definition) is 1. The van der Waals surface area contributed by atoms with Crippen molar-refractivity contribution in [2.45, 2.75) is 50.8 Å². The van der Waals surface area contributed by atoms with Crippen LogP contribution in [0.15, 0.2) is 17.2 Å². The lowest BCUT2D eigenvalue weighted by atomic mass is 10.1. The Labute approximate surface area is 173 Å². The molecule has 4 aliphatic rings. The average Bonchev–Trinajstić information content (AvgIpc) is 3.61. The lowest BCUT2D eigenvalue weighted by Crippen LogP contribution is -2.56. The Morgan fingerprint density at radius 3 is 2.70 bits per heavy atom. The van der Waals surface area contributed by atoms with E-state index in [1.165, 1.54) is 4.90 Å². The molecule has 10 heteroatoms. The summed E-state index contributed by atoms with van der Waals surface area (Å²) in [4.78, 5) is 20.9. The summed E-state index contributed by atoms with van der Waals surface area (Å²) in [6, 6.07) is 3.38. The molecule has 0 aromatic carbocycles. The number of nitrogens with zero attached hydrogens (tertiary/aromatic N) is 4. The van der Waals surface area contributed by atoms with Gasteiger partial charge >= 0.3 is 0 Å². The van der Waals surface area contributed by atoms with Crippen LogP contribution in [0.5, 0.6) is 5.88 Å². The standard InChI is InChI=1S/C20H25F2N5O3/c1-12-24-25-17(30-12)8-27(14-4-5-14)19(28)15-6-7-16(26-10-20(21,22)11-26)18(23-15)29-9-13-2-3-13/h6-7,12-14,24H,2-5,8-11H2,1H3. The van der Waals surface area contributed by atoms with Gasteiger partial charge in [0.05, 0.1) is 26.2 Å². The van der Waals surface area contributed by atoms with Gasteiger partial charge in [0.1, 0.15) is 11.4 Å². The molecule has 1 N–H and O–H groups in total. The summed E-state index contributed by atoms with van der Waals surface area (Å²) in [6.07, 6.45) is 3.83. The highest BCUT2D eigenvalue weighted by Crippen LogP contribution is 2.38. The van der Waals surface area contributed by atoms with Crippen LogP contribution in [-0.2, 0) is 4.74 Å². The van der Waals surface area contributed by atoms with Gasteiger partial charge in [-0.1, -0.05) is 0 Å². The van der Waals surface area contributed by atoms with Gasteiger partial charge in [-0.25, -0.2) is 13.8 Å². The Kier molecular flexibility index (Phi) is 4.67. The molecule has 3 fully saturated rings. The molecule has 1 atom stereocenters. The molecule has 5 rings (SSSR count). The maximum Gasteiger partial charge on any atom is 0.282 e. The number of rotatable bonds is 8. The number of pyridine rings is 1. The Hall–Kier alpha value is -2.65. The molecule has 2 aliphatic carbocycles. The van der Waals surface area contributed by atoms with Crippen molar-refractivity contribution in [1.29, 1.82) is 0 Å². The third-order valence-electron chi connectivity index (χ3n) is 5.64. The second-order valence-electron chi connectivity index (χ2n) is 8.55. The second kappa shape index (κ2) is 7.24. The molecule has 2 aliphatic heterocycles. The molecule has 8 nitrogen and oxygen atoms in total. The van der Waals surface area contributed by atoms with Gasteiger partial charge in [0.25, 0.3) is 11.8 Å². The Morgan fingerprint density at radius 2 is 2.10 bits per heavy atom. The normalized spacial score (nSPS) is 24.4. The third-order valence-corrected chi connectivity index (χ3v) is 5.64. The van der Waals surface area contributed by atoms with E-state index in [9.17, 15) is 13.6 Å². The lowest BCUT2D eigenvalue weighted by molar-refractivity contribution is -0.0265. The van der Waals surface area contributed by atoms with Crippen LogP contribution in [0.2, 0.25) is 0 Å². The van der Waals surface area contributed by atoms with Crippen LogP contribution in [0.1, 0.15) is 43.1 Å². The SMILES string of the molecule is CC1NN=C(CN(C(=O)c2ccc(N3CC(F)(F)C3)c(OCC3CC3)n2)C2CC2)O1. The first kappa shape index (κ1) is 19.3. The van der Waals surface area contributed by atoms with Crippen molar-refractivity contribution in [3.8, 4) is 5.88 Å².